The van der Waals surface area contributed by atoms with E-state index < -0.39 is 0 Å². The van der Waals surface area contributed by atoms with Crippen LogP contribution in [0.15, 0.2) is 18.7 Å². The standard InChI is InChI=1S/C11H16N4S/c1-3-12-5-11-4-10(9(2)16-11)6-15-8-13-7-14-15/h4,7-8,12H,3,5-6H2,1-2H3. The first kappa shape index (κ1) is 11.3. The van der Waals surface area contributed by atoms with Crippen molar-refractivity contribution in [1.29, 1.82) is 0 Å². The normalized spacial score (nSPS) is 10.9. The van der Waals surface area contributed by atoms with Gasteiger partial charge < -0.3 is 5.32 Å². The molecule has 0 aliphatic heterocycles. The van der Waals surface area contributed by atoms with Crippen molar-refractivity contribution >= 4 is 11.3 Å². The molecule has 0 saturated carbocycles. The van der Waals surface area contributed by atoms with Gasteiger partial charge in [-0.2, -0.15) is 5.10 Å². The van der Waals surface area contributed by atoms with Crippen molar-refractivity contribution in [3.63, 3.8) is 0 Å². The second-order valence-corrected chi connectivity index (χ2v) is 5.01. The fraction of sp³-hybridized carbons (Fsp3) is 0.455. The molecule has 86 valence electrons. The number of nitrogens with zero attached hydrogens (tertiary/aromatic N) is 3. The number of aryl methyl sites for hydroxylation is 1. The van der Waals surface area contributed by atoms with E-state index in [1.807, 2.05) is 16.0 Å². The highest BCUT2D eigenvalue weighted by atomic mass is 32.1. The summed E-state index contributed by atoms with van der Waals surface area (Å²) in [4.78, 5) is 6.70. The van der Waals surface area contributed by atoms with Gasteiger partial charge in [-0.25, -0.2) is 9.67 Å². The fourth-order valence-electron chi connectivity index (χ4n) is 1.57. The molecule has 0 bridgehead atoms. The van der Waals surface area contributed by atoms with Crippen LogP contribution in [-0.2, 0) is 13.1 Å². The molecule has 0 aliphatic carbocycles. The van der Waals surface area contributed by atoms with E-state index in [4.69, 9.17) is 0 Å². The lowest BCUT2D eigenvalue weighted by Crippen LogP contribution is -2.10. The number of thiophene rings is 1. The van der Waals surface area contributed by atoms with Gasteiger partial charge in [0.2, 0.25) is 0 Å². The molecule has 0 amide bonds. The predicted molar refractivity (Wildman–Crippen MR) is 65.6 cm³/mol. The summed E-state index contributed by atoms with van der Waals surface area (Å²) in [5, 5.41) is 7.46. The molecule has 2 aromatic rings. The summed E-state index contributed by atoms with van der Waals surface area (Å²) in [6, 6.07) is 2.25. The number of rotatable bonds is 5. The van der Waals surface area contributed by atoms with Gasteiger partial charge in [-0.15, -0.1) is 11.3 Å². The molecule has 1 N–H and O–H groups in total. The number of nitrogens with one attached hydrogen (secondary N) is 1. The highest BCUT2D eigenvalue weighted by Gasteiger charge is 2.06. The predicted octanol–water partition coefficient (Wildman–Crippen LogP) is 1.81. The molecule has 2 heterocycles. The summed E-state index contributed by atoms with van der Waals surface area (Å²) >= 11 is 1.85. The highest BCUT2D eigenvalue weighted by Crippen LogP contribution is 2.22. The molecule has 2 aromatic heterocycles. The van der Waals surface area contributed by atoms with Gasteiger partial charge in [0.25, 0.3) is 0 Å². The van der Waals surface area contributed by atoms with Crippen LogP contribution < -0.4 is 5.32 Å². The van der Waals surface area contributed by atoms with Crippen molar-refractivity contribution in [3.8, 4) is 0 Å². The molecule has 0 saturated heterocycles. The molecule has 0 spiro atoms. The molecule has 0 unspecified atom stereocenters. The van der Waals surface area contributed by atoms with Gasteiger partial charge in [0, 0.05) is 16.3 Å². The van der Waals surface area contributed by atoms with Gasteiger partial charge in [0.15, 0.2) is 0 Å². The Hall–Kier alpha value is -1.20. The Morgan fingerprint density at radius 2 is 2.38 bits per heavy atom. The van der Waals surface area contributed by atoms with Crippen LogP contribution in [-0.4, -0.2) is 21.3 Å². The Kier molecular flexibility index (Phi) is 3.69. The maximum absolute atomic E-state index is 4.12. The van der Waals surface area contributed by atoms with E-state index in [2.05, 4.69) is 35.3 Å². The summed E-state index contributed by atoms with van der Waals surface area (Å²) in [5.41, 5.74) is 1.34. The van der Waals surface area contributed by atoms with Crippen LogP contribution in [0.5, 0.6) is 0 Å². The Labute approximate surface area is 99.3 Å². The fourth-order valence-corrected chi connectivity index (χ4v) is 2.59. The number of hydrogen-bond donors (Lipinski definition) is 1. The third kappa shape index (κ3) is 2.68. The van der Waals surface area contributed by atoms with Gasteiger partial charge in [0.05, 0.1) is 6.54 Å². The molecular weight excluding hydrogens is 220 g/mol. The number of hydrogen-bond acceptors (Lipinski definition) is 4. The summed E-state index contributed by atoms with van der Waals surface area (Å²) in [5.74, 6) is 0. The smallest absolute Gasteiger partial charge is 0.137 e. The van der Waals surface area contributed by atoms with E-state index >= 15 is 0 Å². The lowest BCUT2D eigenvalue weighted by Gasteiger charge is -1.98. The molecule has 0 atom stereocenters. The maximum atomic E-state index is 4.12. The van der Waals surface area contributed by atoms with Crippen LogP contribution in [0.4, 0.5) is 0 Å². The van der Waals surface area contributed by atoms with Gasteiger partial charge >= 0.3 is 0 Å². The monoisotopic (exact) mass is 236 g/mol. The van der Waals surface area contributed by atoms with Crippen LogP contribution in [0.2, 0.25) is 0 Å². The van der Waals surface area contributed by atoms with Crippen molar-refractivity contribution in [3.05, 3.63) is 34.0 Å². The lowest BCUT2D eigenvalue weighted by molar-refractivity contribution is 0.682. The first-order valence-electron chi connectivity index (χ1n) is 5.41. The van der Waals surface area contributed by atoms with E-state index in [1.165, 1.54) is 15.3 Å². The van der Waals surface area contributed by atoms with Gasteiger partial charge in [-0.05, 0) is 25.1 Å². The Bertz CT molecular complexity index is 433. The van der Waals surface area contributed by atoms with Crippen molar-refractivity contribution < 1.29 is 0 Å². The average molecular weight is 236 g/mol. The Morgan fingerprint density at radius 1 is 1.50 bits per heavy atom. The Morgan fingerprint density at radius 3 is 3.06 bits per heavy atom. The molecule has 4 nitrogen and oxygen atoms in total. The van der Waals surface area contributed by atoms with Crippen LogP contribution in [0.25, 0.3) is 0 Å². The van der Waals surface area contributed by atoms with E-state index in [-0.39, 0.29) is 0 Å². The SMILES string of the molecule is CCNCc1cc(Cn2cncn2)c(C)s1. The molecule has 0 fully saturated rings. The zero-order valence-electron chi connectivity index (χ0n) is 9.60. The third-order valence-electron chi connectivity index (χ3n) is 2.42. The zero-order chi connectivity index (χ0) is 11.4. The first-order chi connectivity index (χ1) is 7.79. The van der Waals surface area contributed by atoms with Crippen LogP contribution in [0, 0.1) is 6.92 Å². The summed E-state index contributed by atoms with van der Waals surface area (Å²) < 4.78 is 1.85. The highest BCUT2D eigenvalue weighted by molar-refractivity contribution is 7.12. The minimum atomic E-state index is 0.814. The Balaban J connectivity index is 2.06. The van der Waals surface area contributed by atoms with Crippen molar-refractivity contribution in [2.45, 2.75) is 26.9 Å². The van der Waals surface area contributed by atoms with Gasteiger partial charge in [-0.3, -0.25) is 0 Å². The molecular formula is C11H16N4S. The van der Waals surface area contributed by atoms with Crippen LogP contribution >= 0.6 is 11.3 Å². The van der Waals surface area contributed by atoms with E-state index in [9.17, 15) is 0 Å². The minimum absolute atomic E-state index is 0.814. The zero-order valence-corrected chi connectivity index (χ0v) is 10.4. The van der Waals surface area contributed by atoms with E-state index in [1.54, 1.807) is 12.7 Å². The van der Waals surface area contributed by atoms with Crippen molar-refractivity contribution in [1.82, 2.24) is 20.1 Å². The third-order valence-corrected chi connectivity index (χ3v) is 3.51. The van der Waals surface area contributed by atoms with Crippen LogP contribution in [0.1, 0.15) is 22.2 Å². The molecule has 0 radical (unpaired) electrons. The largest absolute Gasteiger partial charge is 0.312 e. The van der Waals surface area contributed by atoms with Gasteiger partial charge in [0.1, 0.15) is 12.7 Å². The lowest BCUT2D eigenvalue weighted by atomic mass is 10.2. The molecule has 0 aromatic carbocycles. The van der Waals surface area contributed by atoms with E-state index in [0.717, 1.165) is 19.6 Å². The number of aromatic nitrogens is 3. The molecule has 5 heteroatoms. The first-order valence-corrected chi connectivity index (χ1v) is 6.22. The summed E-state index contributed by atoms with van der Waals surface area (Å²) in [7, 11) is 0. The second kappa shape index (κ2) is 5.23. The minimum Gasteiger partial charge on any atom is -0.312 e. The van der Waals surface area contributed by atoms with Crippen LogP contribution in [0.3, 0.4) is 0 Å². The molecule has 2 rings (SSSR count). The summed E-state index contributed by atoms with van der Waals surface area (Å²) in [6.45, 7) is 7.06. The molecule has 16 heavy (non-hydrogen) atoms. The summed E-state index contributed by atoms with van der Waals surface area (Å²) in [6.07, 6.45) is 3.32. The quantitative estimate of drug-likeness (QED) is 0.861. The van der Waals surface area contributed by atoms with Crippen molar-refractivity contribution in [2.24, 2.45) is 0 Å². The van der Waals surface area contributed by atoms with Crippen molar-refractivity contribution in [2.75, 3.05) is 6.54 Å². The average Bonchev–Trinajstić information content (AvgIpc) is 2.87. The maximum Gasteiger partial charge on any atom is 0.137 e. The second-order valence-electron chi connectivity index (χ2n) is 3.67. The molecule has 0 aliphatic rings. The topological polar surface area (TPSA) is 42.7 Å². The van der Waals surface area contributed by atoms with Gasteiger partial charge in [-0.1, -0.05) is 6.92 Å². The van der Waals surface area contributed by atoms with E-state index in [0.29, 0.717) is 0 Å².